The summed E-state index contributed by atoms with van der Waals surface area (Å²) in [7, 11) is 0. The lowest BCUT2D eigenvalue weighted by Gasteiger charge is -2.63. The first-order valence-electron chi connectivity index (χ1n) is 16.8. The molecule has 46 heavy (non-hydrogen) atoms. The maximum Gasteiger partial charge on any atom is 0.425 e. The molecule has 1 spiro atoms. The minimum atomic E-state index is -5.20. The molecule has 1 aromatic rings. The lowest BCUT2D eigenvalue weighted by Crippen LogP contribution is -2.71. The zero-order valence-corrected chi connectivity index (χ0v) is 26.7. The largest absolute Gasteiger partial charge is 0.506 e. The van der Waals surface area contributed by atoms with Gasteiger partial charge in [0.2, 0.25) is 5.72 Å². The Morgan fingerprint density at radius 1 is 1.15 bits per heavy atom. The van der Waals surface area contributed by atoms with Gasteiger partial charge in [-0.1, -0.05) is 56.7 Å². The van der Waals surface area contributed by atoms with E-state index in [0.717, 1.165) is 66.7 Å². The van der Waals surface area contributed by atoms with Crippen LogP contribution in [0.15, 0.2) is 59.2 Å². The summed E-state index contributed by atoms with van der Waals surface area (Å²) in [5, 5.41) is 13.2. The first-order valence-corrected chi connectivity index (χ1v) is 16.8. The predicted octanol–water partition coefficient (Wildman–Crippen LogP) is 6.37. The number of aliphatic hydroxyl groups excluding tert-OH is 1. The van der Waals surface area contributed by atoms with E-state index >= 15 is 0 Å². The summed E-state index contributed by atoms with van der Waals surface area (Å²) in [6.07, 6.45) is 4.18. The first-order chi connectivity index (χ1) is 21.8. The second-order valence-electron chi connectivity index (χ2n) is 14.9. The molecule has 3 unspecified atom stereocenters. The molecule has 0 radical (unpaired) electrons. The van der Waals surface area contributed by atoms with Crippen molar-refractivity contribution >= 4 is 17.6 Å². The van der Waals surface area contributed by atoms with Crippen LogP contribution < -0.4 is 5.32 Å². The highest BCUT2D eigenvalue weighted by Gasteiger charge is 2.72. The Bertz CT molecular complexity index is 1510. The molecule has 1 aromatic carbocycles. The van der Waals surface area contributed by atoms with E-state index in [1.165, 1.54) is 56.7 Å². The second kappa shape index (κ2) is 11.0. The minimum Gasteiger partial charge on any atom is -0.506 e. The predicted molar refractivity (Wildman–Crippen MR) is 165 cm³/mol. The monoisotopic (exact) mass is 641 g/mol. The lowest BCUT2D eigenvalue weighted by molar-refractivity contribution is -0.967. The number of allylic oxidation sites excluding steroid dienone is 1. The number of carbonyl (C=O) groups excluding carboxylic acids is 2. The van der Waals surface area contributed by atoms with Crippen LogP contribution in [0.3, 0.4) is 0 Å². The standard InChI is InChI=1S/C36H43F3N2O5/c1-21(2)19-41(20-23-12-13-23)17-16-34-26-10-7-11-28(34)45-32-29(34)25(18-27(26)41)14-15-35(32,46-22(3)42)40-33(44)30(36(37,38)39)31(43)24-8-5-4-6-9-24/h4-6,8-9,14-15,21,23,26-28,32H,7,10-13,16-20H2,1-3H3,(H-,40,43,44)/p+1/t26-,27+,28-,32?,34+,35?,41?/m0/s1. The normalized spacial score (nSPS) is 36.7. The van der Waals surface area contributed by atoms with Crippen LogP contribution in [0, 0.1) is 23.2 Å². The number of alkyl halides is 3. The van der Waals surface area contributed by atoms with Crippen molar-refractivity contribution in [3.05, 3.63) is 64.8 Å². The van der Waals surface area contributed by atoms with E-state index in [2.05, 4.69) is 19.2 Å². The number of quaternary nitrogens is 1. The van der Waals surface area contributed by atoms with Gasteiger partial charge in [0.1, 0.15) is 11.9 Å². The van der Waals surface area contributed by atoms with Gasteiger partial charge in [-0.05, 0) is 42.9 Å². The molecule has 7 rings (SSSR count). The Morgan fingerprint density at radius 3 is 2.54 bits per heavy atom. The van der Waals surface area contributed by atoms with E-state index in [1.54, 1.807) is 6.07 Å². The second-order valence-corrected chi connectivity index (χ2v) is 14.9. The third kappa shape index (κ3) is 4.93. The number of esters is 1. The first kappa shape index (κ1) is 31.5. The zero-order chi connectivity index (χ0) is 32.6. The lowest BCUT2D eigenvalue weighted by atomic mass is 9.50. The number of nitrogens with zero attached hydrogens (tertiary/aromatic N) is 1. The summed E-state index contributed by atoms with van der Waals surface area (Å²) in [5.74, 6) is -1.90. The van der Waals surface area contributed by atoms with Gasteiger partial charge in [-0.25, -0.2) is 0 Å². The van der Waals surface area contributed by atoms with Gasteiger partial charge in [-0.2, -0.15) is 13.2 Å². The number of carbonyl (C=O) groups is 2. The van der Waals surface area contributed by atoms with Crippen LogP contribution in [0.1, 0.15) is 71.3 Å². The smallest absolute Gasteiger partial charge is 0.425 e. The molecular formula is C36H44F3N2O5+. The zero-order valence-electron chi connectivity index (χ0n) is 26.7. The van der Waals surface area contributed by atoms with Gasteiger partial charge < -0.3 is 24.4 Å². The van der Waals surface area contributed by atoms with E-state index in [1.807, 2.05) is 6.08 Å². The molecular weight excluding hydrogens is 597 g/mol. The van der Waals surface area contributed by atoms with Crippen LogP contribution in [-0.4, -0.2) is 71.3 Å². The summed E-state index contributed by atoms with van der Waals surface area (Å²) in [6.45, 7) is 9.12. The van der Waals surface area contributed by atoms with Crippen LogP contribution in [-0.2, 0) is 19.1 Å². The fourth-order valence-corrected chi connectivity index (χ4v) is 10.1. The third-order valence-corrected chi connectivity index (χ3v) is 11.6. The number of aliphatic hydroxyl groups is 1. The van der Waals surface area contributed by atoms with E-state index < -0.39 is 41.2 Å². The van der Waals surface area contributed by atoms with E-state index in [0.29, 0.717) is 17.9 Å². The molecule has 4 aliphatic carbocycles. The minimum absolute atomic E-state index is 0.157. The molecule has 2 heterocycles. The Hall–Kier alpha value is -3.11. The number of rotatable bonds is 8. The van der Waals surface area contributed by atoms with Crippen molar-refractivity contribution in [3.8, 4) is 0 Å². The van der Waals surface area contributed by atoms with Crippen LogP contribution in [0.4, 0.5) is 13.2 Å². The maximum absolute atomic E-state index is 14.5. The van der Waals surface area contributed by atoms with Crippen LogP contribution >= 0.6 is 0 Å². The van der Waals surface area contributed by atoms with Gasteiger partial charge in [-0.3, -0.25) is 9.59 Å². The highest BCUT2D eigenvalue weighted by molar-refractivity contribution is 6.01. The molecule has 2 bridgehead atoms. The van der Waals surface area contributed by atoms with Gasteiger partial charge in [0.05, 0.1) is 31.8 Å². The molecule has 7 atom stereocenters. The van der Waals surface area contributed by atoms with Crippen molar-refractivity contribution in [1.82, 2.24) is 5.32 Å². The van der Waals surface area contributed by atoms with Gasteiger partial charge in [0, 0.05) is 48.5 Å². The van der Waals surface area contributed by atoms with Gasteiger partial charge in [-0.15, -0.1) is 0 Å². The highest BCUT2D eigenvalue weighted by atomic mass is 19.4. The van der Waals surface area contributed by atoms with Crippen LogP contribution in [0.5, 0.6) is 0 Å². The Morgan fingerprint density at radius 2 is 1.89 bits per heavy atom. The molecule has 2 N–H and O–H groups in total. The number of likely N-dealkylation sites (tertiary alicyclic amines) is 1. The average molecular weight is 642 g/mol. The van der Waals surface area contributed by atoms with E-state index in [4.69, 9.17) is 9.47 Å². The Labute approximate surface area is 268 Å². The number of nitrogens with one attached hydrogen (secondary N) is 1. The van der Waals surface area contributed by atoms with Crippen molar-refractivity contribution in [2.45, 2.75) is 95.9 Å². The summed E-state index contributed by atoms with van der Waals surface area (Å²) >= 11 is 0. The molecule has 6 aliphatic rings. The van der Waals surface area contributed by atoms with Crippen molar-refractivity contribution in [2.75, 3.05) is 19.6 Å². The molecule has 2 aliphatic heterocycles. The van der Waals surface area contributed by atoms with Gasteiger partial charge >= 0.3 is 12.1 Å². The summed E-state index contributed by atoms with van der Waals surface area (Å²) in [4.78, 5) is 26.3. The maximum atomic E-state index is 14.5. The van der Waals surface area contributed by atoms with E-state index in [9.17, 15) is 27.9 Å². The van der Waals surface area contributed by atoms with Crippen molar-refractivity contribution in [1.29, 1.82) is 0 Å². The van der Waals surface area contributed by atoms with Gasteiger partial charge in [0.15, 0.2) is 5.57 Å². The number of halogens is 3. The summed E-state index contributed by atoms with van der Waals surface area (Å²) in [6, 6.07) is 7.54. The van der Waals surface area contributed by atoms with E-state index in [-0.39, 0.29) is 17.1 Å². The molecule has 1 amide bonds. The molecule has 2 saturated heterocycles. The number of benzene rings is 1. The number of hydrogen-bond donors (Lipinski definition) is 2. The molecule has 10 heteroatoms. The molecule has 248 valence electrons. The Kier molecular flexibility index (Phi) is 7.51. The quantitative estimate of drug-likeness (QED) is 0.113. The molecule has 4 fully saturated rings. The Balaban J connectivity index is 1.31. The SMILES string of the molecule is CC(=O)OC1(NC(=O)C(=C(O)c2ccccc2)C(F)(F)F)C=CC2=C3C1O[C@H]1CCC[C@H]4[C@@H](C2)[N+](CC(C)C)(CC2CC2)CC[C@]314. The van der Waals surface area contributed by atoms with Crippen molar-refractivity contribution < 1.29 is 41.8 Å². The molecule has 7 nitrogen and oxygen atoms in total. The average Bonchev–Trinajstić information content (AvgIpc) is 3.72. The van der Waals surface area contributed by atoms with Crippen LogP contribution in [0.25, 0.3) is 5.76 Å². The number of hydrogen-bond acceptors (Lipinski definition) is 5. The number of ether oxygens (including phenoxy) is 2. The summed E-state index contributed by atoms with van der Waals surface area (Å²) < 4.78 is 57.1. The fourth-order valence-electron chi connectivity index (χ4n) is 10.1. The van der Waals surface area contributed by atoms with Crippen molar-refractivity contribution in [2.24, 2.45) is 23.2 Å². The highest BCUT2D eigenvalue weighted by Crippen LogP contribution is 2.67. The summed E-state index contributed by atoms with van der Waals surface area (Å²) in [5.41, 5.74) is -2.15. The van der Waals surface area contributed by atoms with Crippen LogP contribution in [0.2, 0.25) is 0 Å². The third-order valence-electron chi connectivity index (χ3n) is 11.6. The number of amides is 1. The topological polar surface area (TPSA) is 84.9 Å². The molecule has 2 saturated carbocycles. The molecule has 0 aromatic heterocycles. The van der Waals surface area contributed by atoms with Gasteiger partial charge in [0.25, 0.3) is 5.91 Å². The fraction of sp³-hybridized carbons (Fsp3) is 0.611. The van der Waals surface area contributed by atoms with Crippen molar-refractivity contribution in [3.63, 3.8) is 0 Å². The number of piperidine rings is 1.